The summed E-state index contributed by atoms with van der Waals surface area (Å²) in [6, 6.07) is 1.66. The number of benzene rings is 1. The Bertz CT molecular complexity index is 634. The highest BCUT2D eigenvalue weighted by Gasteiger charge is 2.32. The van der Waals surface area contributed by atoms with Gasteiger partial charge >= 0.3 is 5.97 Å². The van der Waals surface area contributed by atoms with E-state index < -0.39 is 5.97 Å². The van der Waals surface area contributed by atoms with Gasteiger partial charge in [0.15, 0.2) is 0 Å². The van der Waals surface area contributed by atoms with Crippen molar-refractivity contribution < 1.29 is 24.2 Å². The van der Waals surface area contributed by atoms with Crippen molar-refractivity contribution in [2.45, 2.75) is 26.4 Å². The number of cyclic esters (lactones) is 1. The van der Waals surface area contributed by atoms with E-state index in [2.05, 4.69) is 0 Å². The van der Waals surface area contributed by atoms with Gasteiger partial charge in [-0.15, -0.1) is 0 Å². The van der Waals surface area contributed by atoms with Gasteiger partial charge in [0.2, 0.25) is 0 Å². The Balaban J connectivity index is 2.03. The standard InChI is InChI=1S/C16H19NO5/c1-9-7-12(15(19)17-3-5-21-6-4-17)14(18)13-11(9)8-10(2)22-16(13)20/h7,10,18H,3-6,8H2,1-2H3/t10-/m1/s1. The second-order valence-electron chi connectivity index (χ2n) is 5.77. The number of ether oxygens (including phenoxy) is 2. The number of aromatic hydroxyl groups is 1. The number of carbonyl (C=O) groups excluding carboxylic acids is 2. The lowest BCUT2D eigenvalue weighted by Crippen LogP contribution is -2.41. The molecule has 1 aromatic carbocycles. The van der Waals surface area contributed by atoms with Crippen molar-refractivity contribution in [1.82, 2.24) is 4.90 Å². The highest BCUT2D eigenvalue weighted by atomic mass is 16.5. The predicted molar refractivity (Wildman–Crippen MR) is 78.1 cm³/mol. The maximum atomic E-state index is 12.6. The van der Waals surface area contributed by atoms with E-state index in [-0.39, 0.29) is 28.9 Å². The molecule has 0 bridgehead atoms. The van der Waals surface area contributed by atoms with Crippen LogP contribution in [0.1, 0.15) is 38.8 Å². The van der Waals surface area contributed by atoms with Crippen molar-refractivity contribution in [2.75, 3.05) is 26.3 Å². The zero-order valence-corrected chi connectivity index (χ0v) is 12.7. The summed E-state index contributed by atoms with van der Waals surface area (Å²) in [5.74, 6) is -1.11. The maximum absolute atomic E-state index is 12.6. The molecule has 1 aromatic rings. The number of phenols is 1. The van der Waals surface area contributed by atoms with Crippen molar-refractivity contribution in [3.05, 3.63) is 28.3 Å². The largest absolute Gasteiger partial charge is 0.506 e. The minimum atomic E-state index is -0.564. The highest BCUT2D eigenvalue weighted by molar-refractivity contribution is 6.04. The Morgan fingerprint density at radius 3 is 2.73 bits per heavy atom. The summed E-state index contributed by atoms with van der Waals surface area (Å²) < 4.78 is 10.4. The van der Waals surface area contributed by atoms with E-state index in [4.69, 9.17) is 9.47 Å². The van der Waals surface area contributed by atoms with Crippen LogP contribution in [0.3, 0.4) is 0 Å². The molecule has 1 atom stereocenters. The third-order valence-corrected chi connectivity index (χ3v) is 4.16. The van der Waals surface area contributed by atoms with Gasteiger partial charge in [-0.1, -0.05) is 0 Å². The summed E-state index contributed by atoms with van der Waals surface area (Å²) >= 11 is 0. The molecule has 6 heteroatoms. The van der Waals surface area contributed by atoms with Gasteiger partial charge in [0.1, 0.15) is 17.4 Å². The van der Waals surface area contributed by atoms with Crippen LogP contribution in [-0.2, 0) is 15.9 Å². The summed E-state index contributed by atoms with van der Waals surface area (Å²) in [5, 5.41) is 10.4. The Kier molecular flexibility index (Phi) is 3.78. The van der Waals surface area contributed by atoms with E-state index in [1.165, 1.54) is 0 Å². The average molecular weight is 305 g/mol. The van der Waals surface area contributed by atoms with Crippen LogP contribution in [0.25, 0.3) is 0 Å². The lowest BCUT2D eigenvalue weighted by molar-refractivity contribution is 0.0289. The van der Waals surface area contributed by atoms with Crippen LogP contribution in [-0.4, -0.2) is 54.3 Å². The van der Waals surface area contributed by atoms with Gasteiger partial charge in [0.05, 0.1) is 18.8 Å². The molecule has 22 heavy (non-hydrogen) atoms. The monoisotopic (exact) mass is 305 g/mol. The molecular formula is C16H19NO5. The minimum absolute atomic E-state index is 0.134. The number of phenolic OH excluding ortho intramolecular Hbond substituents is 1. The molecule has 1 fully saturated rings. The highest BCUT2D eigenvalue weighted by Crippen LogP contribution is 2.34. The predicted octanol–water partition coefficient (Wildman–Crippen LogP) is 1.27. The molecule has 0 radical (unpaired) electrons. The number of hydrogen-bond acceptors (Lipinski definition) is 5. The SMILES string of the molecule is Cc1cc(C(=O)N2CCOCC2)c(O)c2c1C[C@@H](C)OC2=O. The zero-order chi connectivity index (χ0) is 15.9. The molecule has 0 spiro atoms. The lowest BCUT2D eigenvalue weighted by Gasteiger charge is -2.29. The van der Waals surface area contributed by atoms with Crippen molar-refractivity contribution in [3.63, 3.8) is 0 Å². The van der Waals surface area contributed by atoms with Gasteiger partial charge in [0, 0.05) is 19.5 Å². The fraction of sp³-hybridized carbons (Fsp3) is 0.500. The van der Waals surface area contributed by atoms with Crippen molar-refractivity contribution in [2.24, 2.45) is 0 Å². The molecule has 6 nitrogen and oxygen atoms in total. The first-order chi connectivity index (χ1) is 10.5. The van der Waals surface area contributed by atoms with Gasteiger partial charge in [-0.25, -0.2) is 4.79 Å². The molecule has 1 saturated heterocycles. The van der Waals surface area contributed by atoms with Crippen LogP contribution in [0, 0.1) is 6.92 Å². The maximum Gasteiger partial charge on any atom is 0.342 e. The Hall–Kier alpha value is -2.08. The Morgan fingerprint density at radius 2 is 2.05 bits per heavy atom. The number of hydrogen-bond donors (Lipinski definition) is 1. The van der Waals surface area contributed by atoms with Crippen LogP contribution in [0.4, 0.5) is 0 Å². The first kappa shape index (κ1) is 14.8. The van der Waals surface area contributed by atoms with E-state index >= 15 is 0 Å². The number of aryl methyl sites for hydroxylation is 1. The molecular weight excluding hydrogens is 286 g/mol. The molecule has 2 aliphatic heterocycles. The second kappa shape index (κ2) is 5.61. The quantitative estimate of drug-likeness (QED) is 0.791. The molecule has 3 rings (SSSR count). The number of nitrogens with zero attached hydrogens (tertiary/aromatic N) is 1. The van der Waals surface area contributed by atoms with E-state index in [0.29, 0.717) is 32.7 Å². The van der Waals surface area contributed by atoms with Gasteiger partial charge in [-0.3, -0.25) is 4.79 Å². The Morgan fingerprint density at radius 1 is 1.36 bits per heavy atom. The molecule has 2 aliphatic rings. The van der Waals surface area contributed by atoms with E-state index in [0.717, 1.165) is 11.1 Å². The summed E-state index contributed by atoms with van der Waals surface area (Å²) in [6.07, 6.45) is 0.325. The fourth-order valence-corrected chi connectivity index (χ4v) is 3.00. The van der Waals surface area contributed by atoms with Crippen molar-refractivity contribution >= 4 is 11.9 Å². The van der Waals surface area contributed by atoms with E-state index in [9.17, 15) is 14.7 Å². The second-order valence-corrected chi connectivity index (χ2v) is 5.77. The van der Waals surface area contributed by atoms with E-state index in [1.54, 1.807) is 11.0 Å². The molecule has 0 aliphatic carbocycles. The topological polar surface area (TPSA) is 76.1 Å². The van der Waals surface area contributed by atoms with Crippen LogP contribution < -0.4 is 0 Å². The number of morpholine rings is 1. The Labute approximate surface area is 128 Å². The summed E-state index contributed by atoms with van der Waals surface area (Å²) in [6.45, 7) is 5.58. The van der Waals surface area contributed by atoms with Crippen LogP contribution in [0.5, 0.6) is 5.75 Å². The molecule has 118 valence electrons. The molecule has 1 N–H and O–H groups in total. The normalized spacial score (nSPS) is 21.3. The van der Waals surface area contributed by atoms with Gasteiger partial charge < -0.3 is 19.5 Å². The van der Waals surface area contributed by atoms with Crippen LogP contribution in [0.2, 0.25) is 0 Å². The fourth-order valence-electron chi connectivity index (χ4n) is 3.00. The van der Waals surface area contributed by atoms with Crippen LogP contribution in [0.15, 0.2) is 6.07 Å². The van der Waals surface area contributed by atoms with E-state index in [1.807, 2.05) is 13.8 Å². The third kappa shape index (κ3) is 2.43. The smallest absolute Gasteiger partial charge is 0.342 e. The molecule has 0 saturated carbocycles. The first-order valence-corrected chi connectivity index (χ1v) is 7.42. The van der Waals surface area contributed by atoms with Gasteiger partial charge in [-0.05, 0) is 31.0 Å². The molecule has 0 unspecified atom stereocenters. The zero-order valence-electron chi connectivity index (χ0n) is 12.7. The average Bonchev–Trinajstić information content (AvgIpc) is 2.50. The van der Waals surface area contributed by atoms with Crippen LogP contribution >= 0.6 is 0 Å². The number of rotatable bonds is 1. The number of fused-ring (bicyclic) bond motifs is 1. The van der Waals surface area contributed by atoms with Crippen molar-refractivity contribution in [1.29, 1.82) is 0 Å². The summed E-state index contributed by atoms with van der Waals surface area (Å²) in [7, 11) is 0. The summed E-state index contributed by atoms with van der Waals surface area (Å²) in [5.41, 5.74) is 1.88. The molecule has 2 heterocycles. The number of amides is 1. The first-order valence-electron chi connectivity index (χ1n) is 7.42. The third-order valence-electron chi connectivity index (χ3n) is 4.16. The molecule has 1 amide bonds. The molecule has 0 aromatic heterocycles. The lowest BCUT2D eigenvalue weighted by atomic mass is 9.91. The van der Waals surface area contributed by atoms with Gasteiger partial charge in [-0.2, -0.15) is 0 Å². The van der Waals surface area contributed by atoms with Gasteiger partial charge in [0.25, 0.3) is 5.91 Å². The number of carbonyl (C=O) groups is 2. The minimum Gasteiger partial charge on any atom is -0.506 e. The van der Waals surface area contributed by atoms with Crippen molar-refractivity contribution in [3.8, 4) is 5.75 Å². The summed E-state index contributed by atoms with van der Waals surface area (Å²) in [4.78, 5) is 26.3. The number of esters is 1.